The van der Waals surface area contributed by atoms with Crippen molar-refractivity contribution in [3.63, 3.8) is 0 Å². The molecule has 3 rings (SSSR count). The van der Waals surface area contributed by atoms with Crippen molar-refractivity contribution >= 4 is 17.4 Å². The average Bonchev–Trinajstić information content (AvgIpc) is 3.04. The molecule has 7 heteroatoms. The van der Waals surface area contributed by atoms with Crippen LogP contribution in [0.15, 0.2) is 24.5 Å². The Hall–Kier alpha value is -2.02. The predicted molar refractivity (Wildman–Crippen MR) is 78.4 cm³/mol. The van der Waals surface area contributed by atoms with Crippen molar-refractivity contribution in [2.45, 2.75) is 25.9 Å². The minimum atomic E-state index is 0.0110. The summed E-state index contributed by atoms with van der Waals surface area (Å²) in [7, 11) is 0. The summed E-state index contributed by atoms with van der Waals surface area (Å²) in [5.74, 6) is 0.661. The second-order valence-corrected chi connectivity index (χ2v) is 5.85. The molecular weight excluding hydrogens is 288 g/mol. The van der Waals surface area contributed by atoms with Gasteiger partial charge in [0.05, 0.1) is 6.20 Å². The maximum absolute atomic E-state index is 12.2. The van der Waals surface area contributed by atoms with E-state index in [1.54, 1.807) is 6.20 Å². The number of carbonyl (C=O) groups is 1. The highest BCUT2D eigenvalue weighted by Gasteiger charge is 2.25. The van der Waals surface area contributed by atoms with Crippen LogP contribution in [0.4, 0.5) is 0 Å². The summed E-state index contributed by atoms with van der Waals surface area (Å²) in [4.78, 5) is 18.8. The predicted octanol–water partition coefficient (Wildman–Crippen LogP) is 1.93. The minimum absolute atomic E-state index is 0.0110. The number of hydrogen-bond acceptors (Lipinski definition) is 6. The van der Waals surface area contributed by atoms with Gasteiger partial charge in [0, 0.05) is 38.2 Å². The molecule has 0 aromatic carbocycles. The summed E-state index contributed by atoms with van der Waals surface area (Å²) in [5.41, 5.74) is 1.11. The molecule has 0 N–H and O–H groups in total. The summed E-state index contributed by atoms with van der Waals surface area (Å²) in [6.07, 6.45) is 5.06. The number of rotatable bonds is 3. The molecule has 2 aromatic heterocycles. The van der Waals surface area contributed by atoms with Crippen LogP contribution in [0.25, 0.3) is 0 Å². The Morgan fingerprint density at radius 3 is 2.76 bits per heavy atom. The van der Waals surface area contributed by atoms with Gasteiger partial charge in [-0.1, -0.05) is 10.6 Å². The lowest BCUT2D eigenvalue weighted by molar-refractivity contribution is 0.0592. The Morgan fingerprint density at radius 2 is 2.14 bits per heavy atom. The first kappa shape index (κ1) is 13.9. The standard InChI is InChI=1S/C14H16N4O2S/c1-10-2-3-13(15-8-10)20-11-4-6-18(7-5-11)14(19)12-9-16-17-21-12/h2-3,8-9,11H,4-7H2,1H3. The van der Waals surface area contributed by atoms with Crippen LogP contribution in [-0.4, -0.2) is 44.6 Å². The second-order valence-electron chi connectivity index (χ2n) is 5.06. The Kier molecular flexibility index (Phi) is 4.10. The van der Waals surface area contributed by atoms with Crippen LogP contribution in [0.1, 0.15) is 28.1 Å². The fourth-order valence-electron chi connectivity index (χ4n) is 2.29. The van der Waals surface area contributed by atoms with E-state index in [1.165, 1.54) is 6.20 Å². The third-order valence-corrected chi connectivity index (χ3v) is 4.13. The van der Waals surface area contributed by atoms with Gasteiger partial charge in [-0.25, -0.2) is 4.98 Å². The first-order valence-corrected chi connectivity index (χ1v) is 7.65. The highest BCUT2D eigenvalue weighted by atomic mass is 32.1. The largest absolute Gasteiger partial charge is 0.474 e. The molecule has 0 atom stereocenters. The Bertz CT molecular complexity index is 592. The van der Waals surface area contributed by atoms with Gasteiger partial charge >= 0.3 is 0 Å². The van der Waals surface area contributed by atoms with Crippen molar-refractivity contribution in [2.24, 2.45) is 0 Å². The van der Waals surface area contributed by atoms with Crippen molar-refractivity contribution in [1.29, 1.82) is 0 Å². The topological polar surface area (TPSA) is 68.2 Å². The number of amides is 1. The molecule has 21 heavy (non-hydrogen) atoms. The van der Waals surface area contributed by atoms with Gasteiger partial charge in [-0.15, -0.1) is 5.10 Å². The van der Waals surface area contributed by atoms with Gasteiger partial charge in [-0.05, 0) is 24.0 Å². The van der Waals surface area contributed by atoms with Crippen LogP contribution in [0.2, 0.25) is 0 Å². The van der Waals surface area contributed by atoms with Crippen LogP contribution in [0.3, 0.4) is 0 Å². The maximum atomic E-state index is 12.2. The zero-order chi connectivity index (χ0) is 14.7. The summed E-state index contributed by atoms with van der Waals surface area (Å²) >= 11 is 1.14. The van der Waals surface area contributed by atoms with E-state index in [9.17, 15) is 4.79 Å². The number of ether oxygens (including phenoxy) is 1. The molecule has 110 valence electrons. The molecule has 2 aromatic rings. The summed E-state index contributed by atoms with van der Waals surface area (Å²) in [6, 6.07) is 3.87. The molecule has 0 unspecified atom stereocenters. The van der Waals surface area contributed by atoms with Crippen LogP contribution in [0.5, 0.6) is 5.88 Å². The molecule has 0 radical (unpaired) electrons. The molecule has 0 aliphatic carbocycles. The quantitative estimate of drug-likeness (QED) is 0.866. The molecule has 3 heterocycles. The average molecular weight is 304 g/mol. The van der Waals surface area contributed by atoms with E-state index in [2.05, 4.69) is 14.6 Å². The molecule has 1 aliphatic rings. The van der Waals surface area contributed by atoms with E-state index in [0.717, 1.165) is 29.9 Å². The van der Waals surface area contributed by atoms with E-state index < -0.39 is 0 Å². The van der Waals surface area contributed by atoms with Crippen LogP contribution < -0.4 is 4.74 Å². The zero-order valence-electron chi connectivity index (χ0n) is 11.7. The van der Waals surface area contributed by atoms with Crippen molar-refractivity contribution in [3.8, 4) is 5.88 Å². The maximum Gasteiger partial charge on any atom is 0.267 e. The normalized spacial score (nSPS) is 16.0. The highest BCUT2D eigenvalue weighted by Crippen LogP contribution is 2.19. The second kappa shape index (κ2) is 6.17. The number of likely N-dealkylation sites (tertiary alicyclic amines) is 1. The van der Waals surface area contributed by atoms with Gasteiger partial charge in [0.1, 0.15) is 11.0 Å². The van der Waals surface area contributed by atoms with E-state index >= 15 is 0 Å². The summed E-state index contributed by atoms with van der Waals surface area (Å²) in [5, 5.41) is 3.70. The molecule has 1 saturated heterocycles. The van der Waals surface area contributed by atoms with Crippen molar-refractivity contribution in [3.05, 3.63) is 35.0 Å². The van der Waals surface area contributed by atoms with E-state index in [4.69, 9.17) is 4.74 Å². The number of piperidine rings is 1. The molecule has 1 amide bonds. The van der Waals surface area contributed by atoms with Crippen molar-refractivity contribution in [2.75, 3.05) is 13.1 Å². The lowest BCUT2D eigenvalue weighted by atomic mass is 10.1. The van der Waals surface area contributed by atoms with Gasteiger partial charge in [-0.3, -0.25) is 4.79 Å². The number of pyridine rings is 1. The fraction of sp³-hybridized carbons (Fsp3) is 0.429. The van der Waals surface area contributed by atoms with E-state index in [-0.39, 0.29) is 12.0 Å². The van der Waals surface area contributed by atoms with Gasteiger partial charge in [0.15, 0.2) is 0 Å². The fourth-order valence-corrected chi connectivity index (χ4v) is 2.77. The smallest absolute Gasteiger partial charge is 0.267 e. The van der Waals surface area contributed by atoms with Gasteiger partial charge in [-0.2, -0.15) is 0 Å². The Morgan fingerprint density at radius 1 is 1.33 bits per heavy atom. The van der Waals surface area contributed by atoms with E-state index in [1.807, 2.05) is 24.0 Å². The minimum Gasteiger partial charge on any atom is -0.474 e. The number of aromatic nitrogens is 3. The molecular formula is C14H16N4O2S. The SMILES string of the molecule is Cc1ccc(OC2CCN(C(=O)c3cnns3)CC2)nc1. The van der Waals surface area contributed by atoms with Gasteiger partial charge in [0.25, 0.3) is 5.91 Å². The van der Waals surface area contributed by atoms with Crippen LogP contribution >= 0.6 is 11.5 Å². The Balaban J connectivity index is 1.53. The molecule has 0 saturated carbocycles. The van der Waals surface area contributed by atoms with E-state index in [0.29, 0.717) is 23.8 Å². The molecule has 0 bridgehead atoms. The molecule has 6 nitrogen and oxygen atoms in total. The first-order chi connectivity index (χ1) is 10.2. The van der Waals surface area contributed by atoms with Crippen LogP contribution in [-0.2, 0) is 0 Å². The number of aryl methyl sites for hydroxylation is 1. The summed E-state index contributed by atoms with van der Waals surface area (Å²) in [6.45, 7) is 3.37. The zero-order valence-corrected chi connectivity index (χ0v) is 12.5. The monoisotopic (exact) mass is 304 g/mol. The van der Waals surface area contributed by atoms with Gasteiger partial charge in [0.2, 0.25) is 5.88 Å². The first-order valence-electron chi connectivity index (χ1n) is 6.88. The molecule has 0 spiro atoms. The number of nitrogens with zero attached hydrogens (tertiary/aromatic N) is 4. The van der Waals surface area contributed by atoms with Crippen LogP contribution in [0, 0.1) is 6.92 Å². The number of hydrogen-bond donors (Lipinski definition) is 0. The van der Waals surface area contributed by atoms with Crippen molar-refractivity contribution < 1.29 is 9.53 Å². The lowest BCUT2D eigenvalue weighted by Gasteiger charge is -2.31. The summed E-state index contributed by atoms with van der Waals surface area (Å²) < 4.78 is 9.59. The molecule has 1 fully saturated rings. The third-order valence-electron chi connectivity index (χ3n) is 3.47. The van der Waals surface area contributed by atoms with Crippen molar-refractivity contribution in [1.82, 2.24) is 19.5 Å². The number of carbonyl (C=O) groups excluding carboxylic acids is 1. The Labute approximate surface area is 126 Å². The highest BCUT2D eigenvalue weighted by molar-refractivity contribution is 7.07. The third kappa shape index (κ3) is 3.36. The lowest BCUT2D eigenvalue weighted by Crippen LogP contribution is -2.41. The molecule has 1 aliphatic heterocycles. The van der Waals surface area contributed by atoms with Gasteiger partial charge < -0.3 is 9.64 Å².